The molecule has 0 bridgehead atoms. The largest absolute Gasteiger partial charge is 0.218 e. The van der Waals surface area contributed by atoms with Crippen molar-refractivity contribution in [2.75, 3.05) is 7.05 Å². The maximum atomic E-state index is 3.91. The molecule has 0 fully saturated rings. The number of aryl methyl sites for hydroxylation is 1. The Labute approximate surface area is 292 Å². The van der Waals surface area contributed by atoms with Crippen molar-refractivity contribution in [1.82, 2.24) is 0 Å². The van der Waals surface area contributed by atoms with Crippen molar-refractivity contribution < 1.29 is 9.14 Å². The summed E-state index contributed by atoms with van der Waals surface area (Å²) in [5.41, 5.74) is 12.6. The number of fused-ring (bicyclic) bond motifs is 8. The minimum atomic E-state index is -0.199. The summed E-state index contributed by atoms with van der Waals surface area (Å²) in [6, 6.07) is 38.0. The number of thiophene rings is 1. The fraction of sp³-hybridized carbons (Fsp3) is 0.130. The van der Waals surface area contributed by atoms with E-state index < -0.39 is 0 Å². The van der Waals surface area contributed by atoms with Crippen LogP contribution in [0.4, 0.5) is 0 Å². The molecule has 0 saturated carbocycles. The molecule has 0 saturated heterocycles. The average molecular weight is 653 g/mol. The highest BCUT2D eigenvalue weighted by Crippen LogP contribution is 2.53. The van der Waals surface area contributed by atoms with Gasteiger partial charge in [-0.25, -0.2) is 4.58 Å². The van der Waals surface area contributed by atoms with Gasteiger partial charge in [-0.2, -0.15) is 4.57 Å². The highest BCUT2D eigenvalue weighted by molar-refractivity contribution is 7.25. The summed E-state index contributed by atoms with van der Waals surface area (Å²) in [7, 11) is 2.13. The fourth-order valence-electron chi connectivity index (χ4n) is 7.92. The Hall–Kier alpha value is -5.38. The van der Waals surface area contributed by atoms with E-state index in [4.69, 9.17) is 0 Å². The number of nitrogens with zero attached hydrogens (tertiary/aromatic N) is 2. The minimum Gasteiger partial charge on any atom is -0.205 e. The van der Waals surface area contributed by atoms with Gasteiger partial charge < -0.3 is 0 Å². The van der Waals surface area contributed by atoms with E-state index in [9.17, 15) is 0 Å². The summed E-state index contributed by atoms with van der Waals surface area (Å²) in [5.74, 6) is 0. The highest BCUT2D eigenvalue weighted by Gasteiger charge is 2.41. The van der Waals surface area contributed by atoms with Crippen molar-refractivity contribution in [3.63, 3.8) is 0 Å². The van der Waals surface area contributed by atoms with Gasteiger partial charge in [-0.05, 0) is 75.3 Å². The quantitative estimate of drug-likeness (QED) is 0.0959. The number of allylic oxidation sites excluding steroid dienone is 2. The first-order valence-corrected chi connectivity index (χ1v) is 17.8. The molecule has 5 aromatic carbocycles. The lowest BCUT2D eigenvalue weighted by atomic mass is 9.76. The van der Waals surface area contributed by atoms with E-state index in [0.29, 0.717) is 0 Å². The zero-order chi connectivity index (χ0) is 33.9. The molecular weight excluding hydrogens is 613 g/mol. The number of pyridine rings is 1. The van der Waals surface area contributed by atoms with E-state index in [1.54, 1.807) is 0 Å². The molecule has 0 atom stereocenters. The lowest BCUT2D eigenvalue weighted by molar-refractivity contribution is -0.555. The van der Waals surface area contributed by atoms with Crippen LogP contribution >= 0.6 is 11.3 Å². The number of rotatable bonds is 6. The third-order valence-corrected chi connectivity index (χ3v) is 11.5. The molecule has 2 aromatic heterocycles. The Kier molecular flexibility index (Phi) is 7.54. The van der Waals surface area contributed by atoms with Gasteiger partial charge in [-0.3, -0.25) is 0 Å². The second kappa shape index (κ2) is 11.9. The second-order valence-electron chi connectivity index (χ2n) is 13.6. The summed E-state index contributed by atoms with van der Waals surface area (Å²) < 4.78 is 7.15. The van der Waals surface area contributed by atoms with Gasteiger partial charge in [0.1, 0.15) is 7.05 Å². The van der Waals surface area contributed by atoms with Crippen LogP contribution in [-0.4, -0.2) is 17.3 Å². The molecule has 7 aromatic rings. The van der Waals surface area contributed by atoms with Gasteiger partial charge in [0.2, 0.25) is 5.69 Å². The predicted molar refractivity (Wildman–Crippen MR) is 212 cm³/mol. The van der Waals surface area contributed by atoms with E-state index in [1.165, 1.54) is 86.9 Å². The maximum absolute atomic E-state index is 3.91. The third-order valence-electron chi connectivity index (χ3n) is 10.3. The first-order chi connectivity index (χ1) is 23.8. The first-order valence-electron chi connectivity index (χ1n) is 16.9. The summed E-state index contributed by atoms with van der Waals surface area (Å²) in [4.78, 5) is 0. The molecule has 49 heavy (non-hydrogen) atoms. The van der Waals surface area contributed by atoms with Crippen molar-refractivity contribution in [1.29, 1.82) is 0 Å². The third kappa shape index (κ3) is 5.00. The van der Waals surface area contributed by atoms with Crippen LogP contribution < -0.4 is 4.57 Å². The zero-order valence-electron chi connectivity index (χ0n) is 28.8. The van der Waals surface area contributed by atoms with Crippen molar-refractivity contribution in [2.45, 2.75) is 33.1 Å². The second-order valence-corrected chi connectivity index (χ2v) is 14.7. The van der Waals surface area contributed by atoms with Crippen LogP contribution in [0.1, 0.15) is 48.6 Å². The molecule has 3 heteroatoms. The Morgan fingerprint density at radius 1 is 0.776 bits per heavy atom. The standard InChI is InChI=1S/C46H40N2S/c1-7-8-25-47(6)31(3)43-33(21-23-37-36-22-20-32-15-9-10-16-34(32)44(36)46(4,5)45(37)43)24-27-48-26-14-13-18-40(48)38-29-39-35-17-11-12-19-41(35)49-42(39)28-30(38)2/h7-29H,1H2,2-6H3/q+2/b25-8-,27-24-,47-31?. The lowest BCUT2D eigenvalue weighted by Gasteiger charge is -2.26. The van der Waals surface area contributed by atoms with Gasteiger partial charge in [0, 0.05) is 56.8 Å². The van der Waals surface area contributed by atoms with Crippen LogP contribution in [0.2, 0.25) is 0 Å². The number of hydrogen-bond donors (Lipinski definition) is 0. The maximum Gasteiger partial charge on any atom is 0.218 e. The predicted octanol–water partition coefficient (Wildman–Crippen LogP) is 11.6. The zero-order valence-corrected chi connectivity index (χ0v) is 29.6. The topological polar surface area (TPSA) is 6.89 Å². The molecule has 0 radical (unpaired) electrons. The fourth-order valence-corrected chi connectivity index (χ4v) is 9.10. The monoisotopic (exact) mass is 652 g/mol. The van der Waals surface area contributed by atoms with Crippen molar-refractivity contribution in [3.8, 4) is 22.4 Å². The van der Waals surface area contributed by atoms with E-state index in [2.05, 4.69) is 178 Å². The Morgan fingerprint density at radius 2 is 1.51 bits per heavy atom. The molecule has 0 N–H and O–H groups in total. The van der Waals surface area contributed by atoms with Gasteiger partial charge in [-0.15, -0.1) is 11.3 Å². The number of aromatic nitrogens is 1. The van der Waals surface area contributed by atoms with E-state index in [1.807, 2.05) is 23.5 Å². The van der Waals surface area contributed by atoms with Crippen molar-refractivity contribution in [3.05, 3.63) is 162 Å². The smallest absolute Gasteiger partial charge is 0.205 e. The molecule has 0 aliphatic heterocycles. The van der Waals surface area contributed by atoms with Crippen LogP contribution in [-0.2, 0) is 5.41 Å². The summed E-state index contributed by atoms with van der Waals surface area (Å²) in [6.45, 7) is 13.2. The summed E-state index contributed by atoms with van der Waals surface area (Å²) >= 11 is 1.87. The van der Waals surface area contributed by atoms with E-state index in [-0.39, 0.29) is 5.41 Å². The number of hydrogen-bond acceptors (Lipinski definition) is 1. The molecular formula is C46H40N2S+2. The molecule has 0 spiro atoms. The first kappa shape index (κ1) is 30.9. The molecule has 8 rings (SSSR count). The van der Waals surface area contributed by atoms with Gasteiger partial charge in [0.05, 0.1) is 11.1 Å². The SMILES string of the molecule is C=C/C=C\[N+](C)=C(C)c1c(/C=C\[n+]2ccccc2-c2cc3c(cc2C)sc2ccccc23)ccc2c1C(C)(C)c1c-2ccc2ccccc12. The molecule has 0 unspecified atom stereocenters. The van der Waals surface area contributed by atoms with Crippen LogP contribution in [0.3, 0.4) is 0 Å². The normalized spacial score (nSPS) is 14.2. The Balaban J connectivity index is 1.31. The highest BCUT2D eigenvalue weighted by atomic mass is 32.1. The van der Waals surface area contributed by atoms with Crippen LogP contribution in [0.15, 0.2) is 134 Å². The summed E-state index contributed by atoms with van der Waals surface area (Å²) in [6.07, 6.45) is 12.6. The minimum absolute atomic E-state index is 0.199. The molecule has 0 amide bonds. The number of benzene rings is 5. The molecule has 2 nitrogen and oxygen atoms in total. The van der Waals surface area contributed by atoms with E-state index in [0.717, 1.165) is 0 Å². The van der Waals surface area contributed by atoms with Gasteiger partial charge >= 0.3 is 0 Å². The lowest BCUT2D eigenvalue weighted by Crippen LogP contribution is -2.28. The van der Waals surface area contributed by atoms with Crippen LogP contribution in [0.5, 0.6) is 0 Å². The average Bonchev–Trinajstić information content (AvgIpc) is 3.59. The molecule has 2 heterocycles. The molecule has 1 aliphatic rings. The van der Waals surface area contributed by atoms with E-state index >= 15 is 0 Å². The van der Waals surface area contributed by atoms with Gasteiger partial charge in [0.25, 0.3) is 0 Å². The Bertz CT molecular complexity index is 2570. The van der Waals surface area contributed by atoms with Gasteiger partial charge in [0.15, 0.2) is 24.3 Å². The molecule has 238 valence electrons. The van der Waals surface area contributed by atoms with Crippen LogP contribution in [0.25, 0.3) is 65.6 Å². The molecule has 1 aliphatic carbocycles. The van der Waals surface area contributed by atoms with Crippen LogP contribution in [0, 0.1) is 6.92 Å². The van der Waals surface area contributed by atoms with Crippen molar-refractivity contribution in [2.24, 2.45) is 0 Å². The summed E-state index contributed by atoms with van der Waals surface area (Å²) in [5, 5.41) is 5.25. The Morgan fingerprint density at radius 3 is 2.35 bits per heavy atom. The van der Waals surface area contributed by atoms with Gasteiger partial charge in [-0.1, -0.05) is 93.2 Å². The van der Waals surface area contributed by atoms with Crippen molar-refractivity contribution >= 4 is 60.3 Å².